The largest absolute Gasteiger partial charge is 0.489 e. The maximum Gasteiger partial charge on any atom is 0.197 e. The number of piperidine rings is 1. The van der Waals surface area contributed by atoms with Gasteiger partial charge in [0.25, 0.3) is 0 Å². The first kappa shape index (κ1) is 11.8. The Morgan fingerprint density at radius 3 is 2.72 bits per heavy atom. The highest BCUT2D eigenvalue weighted by atomic mass is 19.1. The van der Waals surface area contributed by atoms with E-state index in [2.05, 4.69) is 5.32 Å². The van der Waals surface area contributed by atoms with Gasteiger partial charge in [-0.05, 0) is 43.5 Å². The number of rotatable bonds is 1. The average Bonchev–Trinajstić information content (AvgIpc) is 2.66. The van der Waals surface area contributed by atoms with Gasteiger partial charge in [0.05, 0.1) is 13.2 Å². The molecule has 0 saturated carbocycles. The summed E-state index contributed by atoms with van der Waals surface area (Å²) in [6.07, 6.45) is 2.77. The van der Waals surface area contributed by atoms with Gasteiger partial charge in [-0.2, -0.15) is 0 Å². The number of hydrogen-bond acceptors (Lipinski definition) is 3. The van der Waals surface area contributed by atoms with Gasteiger partial charge in [0.2, 0.25) is 0 Å². The van der Waals surface area contributed by atoms with E-state index in [9.17, 15) is 4.39 Å². The molecule has 2 aliphatic heterocycles. The summed E-state index contributed by atoms with van der Waals surface area (Å²) >= 11 is 0. The van der Waals surface area contributed by atoms with Crippen LogP contribution in [-0.2, 0) is 0 Å². The third-order valence-electron chi connectivity index (χ3n) is 3.66. The first-order valence-electron chi connectivity index (χ1n) is 6.65. The van der Waals surface area contributed by atoms with Crippen molar-refractivity contribution in [2.45, 2.75) is 25.2 Å². The van der Waals surface area contributed by atoms with Gasteiger partial charge in [-0.25, -0.2) is 4.39 Å². The van der Waals surface area contributed by atoms with E-state index in [1.165, 1.54) is 0 Å². The molecule has 1 aromatic rings. The first-order valence-corrected chi connectivity index (χ1v) is 6.65. The predicted octanol–water partition coefficient (Wildman–Crippen LogP) is 2.45. The van der Waals surface area contributed by atoms with Crippen LogP contribution in [0.25, 0.3) is 0 Å². The molecule has 0 aliphatic carbocycles. The van der Waals surface area contributed by atoms with E-state index in [1.54, 1.807) is 0 Å². The lowest BCUT2D eigenvalue weighted by molar-refractivity contribution is 0.291. The zero-order valence-electron chi connectivity index (χ0n) is 10.4. The molecule has 0 atom stereocenters. The van der Waals surface area contributed by atoms with Crippen LogP contribution in [0.5, 0.6) is 11.5 Å². The van der Waals surface area contributed by atoms with Gasteiger partial charge in [-0.3, -0.25) is 0 Å². The van der Waals surface area contributed by atoms with Gasteiger partial charge in [0.1, 0.15) is 0 Å². The van der Waals surface area contributed by atoms with Crippen molar-refractivity contribution in [2.75, 3.05) is 26.3 Å². The fraction of sp³-hybridized carbons (Fsp3) is 0.571. The molecule has 1 N–H and O–H groups in total. The molecule has 1 aromatic carbocycles. The minimum absolute atomic E-state index is 0.221. The summed E-state index contributed by atoms with van der Waals surface area (Å²) in [6.45, 7) is 3.04. The quantitative estimate of drug-likeness (QED) is 0.831. The molecule has 0 spiro atoms. The Hall–Kier alpha value is -1.29. The van der Waals surface area contributed by atoms with Gasteiger partial charge < -0.3 is 14.8 Å². The zero-order valence-corrected chi connectivity index (χ0v) is 10.4. The van der Waals surface area contributed by atoms with Crippen molar-refractivity contribution < 1.29 is 13.9 Å². The number of benzene rings is 1. The molecule has 4 heteroatoms. The molecule has 3 rings (SSSR count). The average molecular weight is 251 g/mol. The fourth-order valence-corrected chi connectivity index (χ4v) is 2.67. The van der Waals surface area contributed by atoms with Crippen LogP contribution in [-0.4, -0.2) is 26.3 Å². The van der Waals surface area contributed by atoms with Crippen molar-refractivity contribution in [3.05, 3.63) is 23.5 Å². The standard InChI is InChI=1S/C14H18FNO2/c15-13-11(10-4-6-16-7-5-10)2-3-12-14(13)18-9-1-8-17-12/h2-3,10,16H,1,4-9H2. The lowest BCUT2D eigenvalue weighted by Gasteiger charge is -2.24. The van der Waals surface area contributed by atoms with Crippen LogP contribution in [0.4, 0.5) is 4.39 Å². The predicted molar refractivity (Wildman–Crippen MR) is 66.9 cm³/mol. The highest BCUT2D eigenvalue weighted by Gasteiger charge is 2.24. The van der Waals surface area contributed by atoms with Crippen LogP contribution in [0.3, 0.4) is 0 Å². The maximum atomic E-state index is 14.5. The number of hydrogen-bond donors (Lipinski definition) is 1. The van der Waals surface area contributed by atoms with E-state index in [4.69, 9.17) is 9.47 Å². The maximum absolute atomic E-state index is 14.5. The Balaban J connectivity index is 1.93. The summed E-state index contributed by atoms with van der Waals surface area (Å²) in [7, 11) is 0. The SMILES string of the molecule is Fc1c(C2CCNCC2)ccc2c1OCCCO2. The van der Waals surface area contributed by atoms with Crippen molar-refractivity contribution in [1.82, 2.24) is 5.32 Å². The second-order valence-electron chi connectivity index (χ2n) is 4.87. The lowest BCUT2D eigenvalue weighted by atomic mass is 9.89. The smallest absolute Gasteiger partial charge is 0.197 e. The Labute approximate surface area is 106 Å². The molecule has 2 heterocycles. The monoisotopic (exact) mass is 251 g/mol. The molecular formula is C14H18FNO2. The molecule has 0 amide bonds. The Bertz CT molecular complexity index is 430. The number of halogens is 1. The second kappa shape index (κ2) is 5.14. The molecule has 1 fully saturated rings. The van der Waals surface area contributed by atoms with Crippen LogP contribution in [0.15, 0.2) is 12.1 Å². The molecule has 18 heavy (non-hydrogen) atoms. The van der Waals surface area contributed by atoms with Crippen LogP contribution >= 0.6 is 0 Å². The van der Waals surface area contributed by atoms with Gasteiger partial charge in [-0.15, -0.1) is 0 Å². The van der Waals surface area contributed by atoms with E-state index in [-0.39, 0.29) is 5.82 Å². The van der Waals surface area contributed by atoms with Gasteiger partial charge in [-0.1, -0.05) is 6.07 Å². The highest BCUT2D eigenvalue weighted by Crippen LogP contribution is 2.38. The third kappa shape index (κ3) is 2.17. The summed E-state index contributed by atoms with van der Waals surface area (Å²) in [5, 5.41) is 3.30. The van der Waals surface area contributed by atoms with Crippen molar-refractivity contribution in [3.8, 4) is 11.5 Å². The molecule has 0 aromatic heterocycles. The molecule has 3 nitrogen and oxygen atoms in total. The molecule has 1 saturated heterocycles. The van der Waals surface area contributed by atoms with Crippen LogP contribution < -0.4 is 14.8 Å². The van der Waals surface area contributed by atoms with Crippen molar-refractivity contribution in [2.24, 2.45) is 0 Å². The summed E-state index contributed by atoms with van der Waals surface area (Å²) in [4.78, 5) is 0. The Kier molecular flexibility index (Phi) is 3.37. The van der Waals surface area contributed by atoms with Crippen LogP contribution in [0.2, 0.25) is 0 Å². The van der Waals surface area contributed by atoms with Crippen molar-refractivity contribution >= 4 is 0 Å². The van der Waals surface area contributed by atoms with E-state index < -0.39 is 0 Å². The van der Waals surface area contributed by atoms with Crippen molar-refractivity contribution in [3.63, 3.8) is 0 Å². The van der Waals surface area contributed by atoms with Gasteiger partial charge >= 0.3 is 0 Å². The van der Waals surface area contributed by atoms with Crippen LogP contribution in [0.1, 0.15) is 30.7 Å². The number of fused-ring (bicyclic) bond motifs is 1. The molecule has 2 aliphatic rings. The third-order valence-corrected chi connectivity index (χ3v) is 3.66. The van der Waals surface area contributed by atoms with Crippen LogP contribution in [0, 0.1) is 5.82 Å². The minimum atomic E-state index is -0.221. The topological polar surface area (TPSA) is 30.5 Å². The Morgan fingerprint density at radius 2 is 1.89 bits per heavy atom. The summed E-state index contributed by atoms with van der Waals surface area (Å²) in [5.41, 5.74) is 0.778. The second-order valence-corrected chi connectivity index (χ2v) is 4.87. The van der Waals surface area contributed by atoms with E-state index in [1.807, 2.05) is 12.1 Å². The molecule has 0 unspecified atom stereocenters. The summed E-state index contributed by atoms with van der Waals surface area (Å²) in [6, 6.07) is 3.71. The number of nitrogens with one attached hydrogen (secondary N) is 1. The van der Waals surface area contributed by atoms with E-state index in [0.29, 0.717) is 30.6 Å². The normalized spacial score (nSPS) is 20.5. The lowest BCUT2D eigenvalue weighted by Crippen LogP contribution is -2.27. The Morgan fingerprint density at radius 1 is 1.11 bits per heavy atom. The fourth-order valence-electron chi connectivity index (χ4n) is 2.67. The molecule has 0 radical (unpaired) electrons. The zero-order chi connectivity index (χ0) is 12.4. The molecule has 0 bridgehead atoms. The van der Waals surface area contributed by atoms with E-state index in [0.717, 1.165) is 37.9 Å². The van der Waals surface area contributed by atoms with Gasteiger partial charge in [0.15, 0.2) is 17.3 Å². The number of ether oxygens (including phenoxy) is 2. The summed E-state index contributed by atoms with van der Waals surface area (Å²) < 4.78 is 25.5. The van der Waals surface area contributed by atoms with E-state index >= 15 is 0 Å². The highest BCUT2D eigenvalue weighted by molar-refractivity contribution is 5.46. The molecule has 98 valence electrons. The summed E-state index contributed by atoms with van der Waals surface area (Å²) in [5.74, 6) is 0.927. The minimum Gasteiger partial charge on any atom is -0.489 e. The van der Waals surface area contributed by atoms with Gasteiger partial charge in [0, 0.05) is 6.42 Å². The first-order chi connectivity index (χ1) is 8.86. The van der Waals surface area contributed by atoms with Crippen molar-refractivity contribution in [1.29, 1.82) is 0 Å². The molecular weight excluding hydrogens is 233 g/mol.